The molecule has 3 heterocycles. The van der Waals surface area contributed by atoms with Crippen LogP contribution >= 0.6 is 23.1 Å². The molecule has 0 aromatic carbocycles. The maximum atomic E-state index is 12.5. The van der Waals surface area contributed by atoms with Crippen LogP contribution in [0.3, 0.4) is 0 Å². The summed E-state index contributed by atoms with van der Waals surface area (Å²) in [5.41, 5.74) is 2.04. The molecule has 0 fully saturated rings. The quantitative estimate of drug-likeness (QED) is 0.754. The number of hydrogen-bond donors (Lipinski definition) is 0. The van der Waals surface area contributed by atoms with Gasteiger partial charge in [-0.2, -0.15) is 9.78 Å². The third-order valence-electron chi connectivity index (χ3n) is 3.17. The molecule has 0 atom stereocenters. The molecule has 18 heavy (non-hydrogen) atoms. The lowest BCUT2D eigenvalue weighted by Gasteiger charge is -2.14. The zero-order valence-corrected chi connectivity index (χ0v) is 12.1. The van der Waals surface area contributed by atoms with Crippen molar-refractivity contribution in [2.45, 2.75) is 32.3 Å². The van der Waals surface area contributed by atoms with Crippen molar-refractivity contribution in [1.82, 2.24) is 9.66 Å². The molecule has 0 aliphatic carbocycles. The molecular formula is C12H13N3OS2. The molecule has 2 aromatic rings. The largest absolute Gasteiger partial charge is 0.283 e. The highest BCUT2D eigenvalue weighted by Gasteiger charge is 2.19. The van der Waals surface area contributed by atoms with Gasteiger partial charge in [0.05, 0.1) is 5.39 Å². The van der Waals surface area contributed by atoms with E-state index < -0.39 is 0 Å². The Labute approximate surface area is 113 Å². The summed E-state index contributed by atoms with van der Waals surface area (Å²) in [5, 5.41) is 5.84. The summed E-state index contributed by atoms with van der Waals surface area (Å²) in [7, 11) is 0. The first kappa shape index (κ1) is 11.9. The van der Waals surface area contributed by atoms with Crippen LogP contribution in [0.15, 0.2) is 15.1 Å². The molecule has 1 aliphatic heterocycles. The monoisotopic (exact) mass is 279 g/mol. The SMILES string of the molecule is CCC1=Nn2c(nc3sc(C)c(C)c3c2=O)SC1. The van der Waals surface area contributed by atoms with Crippen LogP contribution in [0, 0.1) is 13.8 Å². The van der Waals surface area contributed by atoms with E-state index in [1.807, 2.05) is 13.8 Å². The Hall–Kier alpha value is -1.14. The summed E-state index contributed by atoms with van der Waals surface area (Å²) >= 11 is 3.18. The Morgan fingerprint density at radius 3 is 2.89 bits per heavy atom. The maximum Gasteiger partial charge on any atom is 0.283 e. The minimum Gasteiger partial charge on any atom is -0.267 e. The molecule has 6 heteroatoms. The van der Waals surface area contributed by atoms with Crippen molar-refractivity contribution < 1.29 is 0 Å². The van der Waals surface area contributed by atoms with Gasteiger partial charge in [0.25, 0.3) is 5.56 Å². The normalized spacial score (nSPS) is 14.7. The summed E-state index contributed by atoms with van der Waals surface area (Å²) in [6.45, 7) is 6.06. The van der Waals surface area contributed by atoms with Crippen LogP contribution in [0.5, 0.6) is 0 Å². The number of thioether (sulfide) groups is 1. The van der Waals surface area contributed by atoms with Crippen molar-refractivity contribution in [2.24, 2.45) is 5.10 Å². The zero-order valence-electron chi connectivity index (χ0n) is 10.5. The van der Waals surface area contributed by atoms with Gasteiger partial charge in [-0.15, -0.1) is 11.3 Å². The lowest BCUT2D eigenvalue weighted by molar-refractivity contribution is 0.696. The fourth-order valence-electron chi connectivity index (χ4n) is 1.94. The number of thiophene rings is 1. The fourth-order valence-corrected chi connectivity index (χ4v) is 3.98. The second-order valence-electron chi connectivity index (χ2n) is 4.28. The highest BCUT2D eigenvalue weighted by Crippen LogP contribution is 2.29. The summed E-state index contributed by atoms with van der Waals surface area (Å²) in [4.78, 5) is 19.0. The predicted molar refractivity (Wildman–Crippen MR) is 77.2 cm³/mol. The second-order valence-corrected chi connectivity index (χ2v) is 6.43. The average molecular weight is 279 g/mol. The van der Waals surface area contributed by atoms with E-state index in [1.54, 1.807) is 23.1 Å². The molecule has 0 saturated heterocycles. The van der Waals surface area contributed by atoms with Crippen molar-refractivity contribution in [2.75, 3.05) is 5.75 Å². The van der Waals surface area contributed by atoms with E-state index in [2.05, 4.69) is 17.0 Å². The van der Waals surface area contributed by atoms with E-state index in [0.29, 0.717) is 5.16 Å². The Bertz CT molecular complexity index is 727. The van der Waals surface area contributed by atoms with Crippen molar-refractivity contribution in [3.8, 4) is 0 Å². The minimum absolute atomic E-state index is 0.0324. The molecule has 2 aromatic heterocycles. The molecule has 0 N–H and O–H groups in total. The Kier molecular flexibility index (Phi) is 2.79. The molecule has 0 radical (unpaired) electrons. The predicted octanol–water partition coefficient (Wildman–Crippen LogP) is 2.79. The second kappa shape index (κ2) is 4.20. The van der Waals surface area contributed by atoms with Crippen LogP contribution in [0.25, 0.3) is 10.2 Å². The van der Waals surface area contributed by atoms with E-state index in [4.69, 9.17) is 0 Å². The molecular weight excluding hydrogens is 266 g/mol. The summed E-state index contributed by atoms with van der Waals surface area (Å²) < 4.78 is 1.47. The molecule has 3 rings (SSSR count). The van der Waals surface area contributed by atoms with Crippen molar-refractivity contribution in [1.29, 1.82) is 0 Å². The topological polar surface area (TPSA) is 47.2 Å². The van der Waals surface area contributed by atoms with Gasteiger partial charge < -0.3 is 0 Å². The van der Waals surface area contributed by atoms with E-state index in [1.165, 1.54) is 4.68 Å². The number of aromatic nitrogens is 2. The standard InChI is InChI=1S/C12H13N3OS2/c1-4-8-5-17-12-13-10-9(6(2)7(3)18-10)11(16)15(12)14-8/h4-5H2,1-3H3. The molecule has 1 aliphatic rings. The maximum absolute atomic E-state index is 12.5. The third kappa shape index (κ3) is 1.63. The van der Waals surface area contributed by atoms with Crippen LogP contribution in [0.1, 0.15) is 23.8 Å². The van der Waals surface area contributed by atoms with Crippen molar-refractivity contribution in [3.63, 3.8) is 0 Å². The minimum atomic E-state index is -0.0324. The number of rotatable bonds is 1. The first-order chi connectivity index (χ1) is 8.61. The number of nitrogens with zero attached hydrogens (tertiary/aromatic N) is 3. The van der Waals surface area contributed by atoms with Gasteiger partial charge >= 0.3 is 0 Å². The van der Waals surface area contributed by atoms with Crippen molar-refractivity contribution >= 4 is 39.0 Å². The molecule has 0 bridgehead atoms. The van der Waals surface area contributed by atoms with Crippen LogP contribution < -0.4 is 5.56 Å². The fraction of sp³-hybridized carbons (Fsp3) is 0.417. The van der Waals surface area contributed by atoms with Gasteiger partial charge in [-0.1, -0.05) is 18.7 Å². The van der Waals surface area contributed by atoms with Crippen molar-refractivity contribution in [3.05, 3.63) is 20.8 Å². The Morgan fingerprint density at radius 2 is 2.17 bits per heavy atom. The number of aryl methyl sites for hydroxylation is 2. The summed E-state index contributed by atoms with van der Waals surface area (Å²) in [6, 6.07) is 0. The number of hydrogen-bond acceptors (Lipinski definition) is 5. The van der Waals surface area contributed by atoms with E-state index in [-0.39, 0.29) is 5.56 Å². The first-order valence-corrected chi connectivity index (χ1v) is 7.64. The van der Waals surface area contributed by atoms with Gasteiger partial charge in [0.2, 0.25) is 0 Å². The Morgan fingerprint density at radius 1 is 1.39 bits per heavy atom. The van der Waals surface area contributed by atoms with Gasteiger partial charge in [-0.25, -0.2) is 4.98 Å². The molecule has 0 amide bonds. The first-order valence-electron chi connectivity index (χ1n) is 5.84. The highest BCUT2D eigenvalue weighted by molar-refractivity contribution is 7.99. The lowest BCUT2D eigenvalue weighted by Crippen LogP contribution is -2.25. The van der Waals surface area contributed by atoms with Crippen LogP contribution in [0.2, 0.25) is 0 Å². The van der Waals surface area contributed by atoms with Gasteiger partial charge in [-0.05, 0) is 25.8 Å². The Balaban J connectivity index is 2.38. The smallest absolute Gasteiger partial charge is 0.267 e. The molecule has 94 valence electrons. The van der Waals surface area contributed by atoms with Gasteiger partial charge in [0.15, 0.2) is 5.16 Å². The lowest BCUT2D eigenvalue weighted by atomic mass is 10.2. The van der Waals surface area contributed by atoms with Crippen LogP contribution in [0.4, 0.5) is 0 Å². The van der Waals surface area contributed by atoms with E-state index in [9.17, 15) is 4.79 Å². The summed E-state index contributed by atoms with van der Waals surface area (Å²) in [5.74, 6) is 0.831. The highest BCUT2D eigenvalue weighted by atomic mass is 32.2. The van der Waals surface area contributed by atoms with Gasteiger partial charge in [-0.3, -0.25) is 4.79 Å². The summed E-state index contributed by atoms with van der Waals surface area (Å²) in [6.07, 6.45) is 0.874. The molecule has 0 saturated carbocycles. The van der Waals surface area contributed by atoms with Crippen LogP contribution in [-0.4, -0.2) is 21.1 Å². The van der Waals surface area contributed by atoms with E-state index in [0.717, 1.165) is 38.5 Å². The molecule has 0 unspecified atom stereocenters. The van der Waals surface area contributed by atoms with E-state index >= 15 is 0 Å². The van der Waals surface area contributed by atoms with Crippen LogP contribution in [-0.2, 0) is 0 Å². The third-order valence-corrected chi connectivity index (χ3v) is 5.27. The number of fused-ring (bicyclic) bond motifs is 2. The average Bonchev–Trinajstić information content (AvgIpc) is 2.65. The molecule has 4 nitrogen and oxygen atoms in total. The molecule has 0 spiro atoms. The zero-order chi connectivity index (χ0) is 12.9. The van der Waals surface area contributed by atoms with Gasteiger partial charge in [0.1, 0.15) is 4.83 Å². The van der Waals surface area contributed by atoms with Gasteiger partial charge in [0, 0.05) is 16.3 Å².